The maximum Gasteiger partial charge on any atom is 0.341 e. The van der Waals surface area contributed by atoms with Gasteiger partial charge in [0, 0.05) is 32.3 Å². The second-order valence-electron chi connectivity index (χ2n) is 7.88. The standard InChI is InChI=1S/C25H24N2O6/c1-33-13-12-27-19(20(16-8-4-2-5-9-16)17-10-6-3-7-11-17)15-26-14-18(25(31)32)22(28)23(29)21(26)24(27)30/h2-11,14,19-20,29H,12-13,15H2,1H3,(H,31,32)/t19-/m0/s1. The molecule has 2 heterocycles. The van der Waals surface area contributed by atoms with Gasteiger partial charge in [0.1, 0.15) is 5.56 Å². The van der Waals surface area contributed by atoms with Crippen molar-refractivity contribution >= 4 is 11.9 Å². The molecule has 0 unspecified atom stereocenters. The number of aromatic carboxylic acids is 1. The van der Waals surface area contributed by atoms with Gasteiger partial charge in [-0.1, -0.05) is 60.7 Å². The summed E-state index contributed by atoms with van der Waals surface area (Å²) >= 11 is 0. The molecule has 0 bridgehead atoms. The van der Waals surface area contributed by atoms with Crippen LogP contribution in [0.4, 0.5) is 0 Å². The summed E-state index contributed by atoms with van der Waals surface area (Å²) in [6.07, 6.45) is 1.14. The molecule has 1 aromatic heterocycles. The molecule has 3 aromatic rings. The van der Waals surface area contributed by atoms with Crippen molar-refractivity contribution in [2.45, 2.75) is 18.5 Å². The van der Waals surface area contributed by atoms with E-state index in [1.807, 2.05) is 60.7 Å². The number of pyridine rings is 1. The van der Waals surface area contributed by atoms with Gasteiger partial charge in [-0.05, 0) is 11.1 Å². The van der Waals surface area contributed by atoms with Crippen molar-refractivity contribution in [3.63, 3.8) is 0 Å². The van der Waals surface area contributed by atoms with Gasteiger partial charge in [0.05, 0.1) is 12.6 Å². The predicted octanol–water partition coefficient (Wildman–Crippen LogP) is 2.55. The Morgan fingerprint density at radius 3 is 2.15 bits per heavy atom. The van der Waals surface area contributed by atoms with Crippen LogP contribution in [0.25, 0.3) is 0 Å². The second-order valence-corrected chi connectivity index (χ2v) is 7.88. The first kappa shape index (κ1) is 22.3. The van der Waals surface area contributed by atoms with Gasteiger partial charge < -0.3 is 24.4 Å². The number of hydrogen-bond donors (Lipinski definition) is 2. The molecule has 1 atom stereocenters. The molecule has 1 aliphatic heterocycles. The Kier molecular flexibility index (Phi) is 6.28. The van der Waals surface area contributed by atoms with E-state index in [4.69, 9.17) is 4.74 Å². The number of ether oxygens (including phenoxy) is 1. The summed E-state index contributed by atoms with van der Waals surface area (Å²) in [6, 6.07) is 19.0. The Hall–Kier alpha value is -3.91. The molecule has 4 rings (SSSR count). The maximum atomic E-state index is 13.6. The molecule has 170 valence electrons. The van der Waals surface area contributed by atoms with Crippen molar-refractivity contribution in [3.8, 4) is 5.75 Å². The molecule has 1 aliphatic rings. The Morgan fingerprint density at radius 1 is 1.06 bits per heavy atom. The normalized spacial score (nSPS) is 15.5. The fourth-order valence-electron chi connectivity index (χ4n) is 4.46. The molecule has 0 aliphatic carbocycles. The van der Waals surface area contributed by atoms with Crippen LogP contribution in [0, 0.1) is 0 Å². The largest absolute Gasteiger partial charge is 0.503 e. The van der Waals surface area contributed by atoms with Gasteiger partial charge in [0.25, 0.3) is 5.91 Å². The van der Waals surface area contributed by atoms with E-state index in [1.54, 1.807) is 4.90 Å². The van der Waals surface area contributed by atoms with E-state index in [-0.39, 0.29) is 31.3 Å². The summed E-state index contributed by atoms with van der Waals surface area (Å²) in [5.74, 6) is -3.10. The molecule has 0 fully saturated rings. The number of carbonyl (C=O) groups excluding carboxylic acids is 1. The van der Waals surface area contributed by atoms with Crippen LogP contribution in [0.3, 0.4) is 0 Å². The number of carbonyl (C=O) groups is 2. The Morgan fingerprint density at radius 2 is 1.64 bits per heavy atom. The Bertz CT molecular complexity index is 1180. The molecule has 33 heavy (non-hydrogen) atoms. The third-order valence-corrected chi connectivity index (χ3v) is 5.97. The second kappa shape index (κ2) is 9.30. The van der Waals surface area contributed by atoms with Gasteiger partial charge >= 0.3 is 5.97 Å². The third-order valence-electron chi connectivity index (χ3n) is 5.97. The number of carboxylic acids is 1. The first-order valence-electron chi connectivity index (χ1n) is 10.5. The van der Waals surface area contributed by atoms with Gasteiger partial charge in [-0.25, -0.2) is 4.79 Å². The number of nitrogens with zero attached hydrogens (tertiary/aromatic N) is 2. The molecular formula is C25H24N2O6. The lowest BCUT2D eigenvalue weighted by Crippen LogP contribution is -2.53. The van der Waals surface area contributed by atoms with Gasteiger partial charge in [-0.3, -0.25) is 9.59 Å². The highest BCUT2D eigenvalue weighted by atomic mass is 16.5. The average molecular weight is 448 g/mol. The minimum atomic E-state index is -1.46. The smallest absolute Gasteiger partial charge is 0.341 e. The zero-order chi connectivity index (χ0) is 23.5. The summed E-state index contributed by atoms with van der Waals surface area (Å²) in [4.78, 5) is 39.1. The van der Waals surface area contributed by atoms with Crippen LogP contribution in [0.15, 0.2) is 71.7 Å². The summed E-state index contributed by atoms with van der Waals surface area (Å²) in [5, 5.41) is 19.9. The van der Waals surface area contributed by atoms with E-state index in [9.17, 15) is 24.6 Å². The zero-order valence-corrected chi connectivity index (χ0v) is 18.0. The lowest BCUT2D eigenvalue weighted by molar-refractivity contribution is 0.0474. The van der Waals surface area contributed by atoms with E-state index < -0.39 is 34.7 Å². The van der Waals surface area contributed by atoms with Crippen LogP contribution in [-0.4, -0.2) is 57.9 Å². The van der Waals surface area contributed by atoms with Crippen LogP contribution < -0.4 is 5.43 Å². The fourth-order valence-corrected chi connectivity index (χ4v) is 4.46. The fraction of sp³-hybridized carbons (Fsp3) is 0.240. The highest BCUT2D eigenvalue weighted by Gasteiger charge is 2.40. The number of benzene rings is 2. The molecule has 1 amide bonds. The summed E-state index contributed by atoms with van der Waals surface area (Å²) in [6.45, 7) is 0.689. The highest BCUT2D eigenvalue weighted by molar-refractivity contribution is 5.97. The molecule has 0 saturated carbocycles. The van der Waals surface area contributed by atoms with Crippen LogP contribution in [0.1, 0.15) is 37.9 Å². The minimum Gasteiger partial charge on any atom is -0.503 e. The molecule has 8 nitrogen and oxygen atoms in total. The topological polar surface area (TPSA) is 109 Å². The average Bonchev–Trinajstić information content (AvgIpc) is 2.82. The summed E-state index contributed by atoms with van der Waals surface area (Å²) < 4.78 is 6.61. The molecule has 0 radical (unpaired) electrons. The van der Waals surface area contributed by atoms with Crippen molar-refractivity contribution in [3.05, 3.63) is 99.5 Å². The zero-order valence-electron chi connectivity index (χ0n) is 18.0. The summed E-state index contributed by atoms with van der Waals surface area (Å²) in [5.41, 5.74) is 0.100. The van der Waals surface area contributed by atoms with Crippen molar-refractivity contribution in [1.29, 1.82) is 0 Å². The Labute approximate surface area is 190 Å². The van der Waals surface area contributed by atoms with Crippen LogP contribution in [0.5, 0.6) is 5.75 Å². The van der Waals surface area contributed by atoms with Gasteiger partial charge in [-0.15, -0.1) is 0 Å². The SMILES string of the molecule is COCCN1C(=O)c2c(O)c(=O)c(C(=O)O)cn2C[C@H]1C(c1ccccc1)c1ccccc1. The number of methoxy groups -OCH3 is 1. The first-order chi connectivity index (χ1) is 15.9. The van der Waals surface area contributed by atoms with Gasteiger partial charge in [-0.2, -0.15) is 0 Å². The molecule has 2 aromatic carbocycles. The molecular weight excluding hydrogens is 424 g/mol. The van der Waals surface area contributed by atoms with Crippen molar-refractivity contribution in [1.82, 2.24) is 9.47 Å². The number of carboxylic acid groups (broad SMARTS) is 1. The van der Waals surface area contributed by atoms with E-state index in [0.29, 0.717) is 0 Å². The van der Waals surface area contributed by atoms with Gasteiger partial charge in [0.15, 0.2) is 11.4 Å². The molecule has 8 heteroatoms. The number of hydrogen-bond acceptors (Lipinski definition) is 5. The molecule has 2 N–H and O–H groups in total. The number of rotatable bonds is 7. The number of fused-ring (bicyclic) bond motifs is 1. The Balaban J connectivity index is 1.91. The first-order valence-corrected chi connectivity index (χ1v) is 10.5. The predicted molar refractivity (Wildman–Crippen MR) is 121 cm³/mol. The lowest BCUT2D eigenvalue weighted by atomic mass is 9.83. The number of aromatic hydroxyl groups is 1. The third kappa shape index (κ3) is 4.12. The monoisotopic (exact) mass is 448 g/mol. The van der Waals surface area contributed by atoms with E-state index in [2.05, 4.69) is 0 Å². The minimum absolute atomic E-state index is 0.188. The van der Waals surface area contributed by atoms with Crippen molar-refractivity contribution < 1.29 is 24.5 Å². The van der Waals surface area contributed by atoms with E-state index >= 15 is 0 Å². The maximum absolute atomic E-state index is 13.6. The van der Waals surface area contributed by atoms with E-state index in [0.717, 1.165) is 17.3 Å². The van der Waals surface area contributed by atoms with E-state index in [1.165, 1.54) is 11.7 Å². The van der Waals surface area contributed by atoms with Crippen LogP contribution in [0.2, 0.25) is 0 Å². The number of aromatic nitrogens is 1. The number of amides is 1. The van der Waals surface area contributed by atoms with Crippen LogP contribution in [-0.2, 0) is 11.3 Å². The van der Waals surface area contributed by atoms with Crippen LogP contribution >= 0.6 is 0 Å². The summed E-state index contributed by atoms with van der Waals surface area (Å²) in [7, 11) is 1.53. The van der Waals surface area contributed by atoms with Crippen molar-refractivity contribution in [2.24, 2.45) is 0 Å². The molecule has 0 spiro atoms. The quantitative estimate of drug-likeness (QED) is 0.575. The molecule has 0 saturated heterocycles. The highest BCUT2D eigenvalue weighted by Crippen LogP contribution is 2.36. The lowest BCUT2D eigenvalue weighted by Gasteiger charge is -2.42. The van der Waals surface area contributed by atoms with Crippen molar-refractivity contribution in [2.75, 3.05) is 20.3 Å². The van der Waals surface area contributed by atoms with Gasteiger partial charge in [0.2, 0.25) is 5.43 Å².